The van der Waals surface area contributed by atoms with Gasteiger partial charge >= 0.3 is 0 Å². The maximum atomic E-state index is 12.2. The number of ether oxygens (including phenoxy) is 3. The van der Waals surface area contributed by atoms with Gasteiger partial charge in [-0.05, 0) is 24.2 Å². The molecule has 2 fully saturated rings. The second kappa shape index (κ2) is 7.32. The molecule has 2 saturated heterocycles. The zero-order valence-corrected chi connectivity index (χ0v) is 13.3. The smallest absolute Gasteiger partial charge is 0.295 e. The summed E-state index contributed by atoms with van der Waals surface area (Å²) in [5.41, 5.74) is 0. The molecule has 2 aliphatic rings. The summed E-state index contributed by atoms with van der Waals surface area (Å²) in [5.74, 6) is -0.164. The third kappa shape index (κ3) is 3.92. The summed E-state index contributed by atoms with van der Waals surface area (Å²) in [6.45, 7) is 4.27. The van der Waals surface area contributed by atoms with Crippen LogP contribution in [-0.2, 0) is 14.3 Å². The summed E-state index contributed by atoms with van der Waals surface area (Å²) in [6, 6.07) is 0. The van der Waals surface area contributed by atoms with E-state index in [1.165, 1.54) is 18.4 Å². The number of nitrogens with zero attached hydrogens (tertiary/aromatic N) is 3. The molecular formula is C13H20N4O4S. The van der Waals surface area contributed by atoms with Gasteiger partial charge in [0.1, 0.15) is 6.10 Å². The van der Waals surface area contributed by atoms with E-state index in [1.54, 1.807) is 0 Å². The number of aromatic nitrogens is 2. The van der Waals surface area contributed by atoms with E-state index in [0.29, 0.717) is 10.3 Å². The zero-order valence-electron chi connectivity index (χ0n) is 12.5. The van der Waals surface area contributed by atoms with Crippen molar-refractivity contribution in [3.8, 4) is 5.19 Å². The van der Waals surface area contributed by atoms with Crippen molar-refractivity contribution in [3.05, 3.63) is 0 Å². The molecule has 1 aromatic rings. The van der Waals surface area contributed by atoms with E-state index in [9.17, 15) is 4.79 Å². The molecule has 0 aromatic carbocycles. The van der Waals surface area contributed by atoms with E-state index < -0.39 is 6.10 Å². The van der Waals surface area contributed by atoms with E-state index in [2.05, 4.69) is 20.4 Å². The predicted molar refractivity (Wildman–Crippen MR) is 80.2 cm³/mol. The summed E-state index contributed by atoms with van der Waals surface area (Å²) in [4.78, 5) is 14.5. The highest BCUT2D eigenvalue weighted by Crippen LogP contribution is 2.25. The molecule has 0 radical (unpaired) electrons. The van der Waals surface area contributed by atoms with Crippen molar-refractivity contribution in [3.63, 3.8) is 0 Å². The van der Waals surface area contributed by atoms with Crippen molar-refractivity contribution in [2.24, 2.45) is 0 Å². The molecule has 3 rings (SSSR count). The van der Waals surface area contributed by atoms with E-state index in [0.717, 1.165) is 45.7 Å². The first-order valence-corrected chi connectivity index (χ1v) is 8.20. The molecule has 122 valence electrons. The summed E-state index contributed by atoms with van der Waals surface area (Å²) >= 11 is 1.20. The zero-order chi connectivity index (χ0) is 15.4. The Morgan fingerprint density at radius 1 is 1.41 bits per heavy atom. The van der Waals surface area contributed by atoms with Gasteiger partial charge in [0.25, 0.3) is 11.1 Å². The minimum Gasteiger partial charge on any atom is -0.472 e. The van der Waals surface area contributed by atoms with Crippen LogP contribution in [0.1, 0.15) is 12.8 Å². The van der Waals surface area contributed by atoms with Crippen LogP contribution in [0.15, 0.2) is 0 Å². The van der Waals surface area contributed by atoms with Gasteiger partial charge in [0, 0.05) is 19.6 Å². The number of anilines is 1. The van der Waals surface area contributed by atoms with E-state index >= 15 is 0 Å². The van der Waals surface area contributed by atoms with Crippen LogP contribution in [0, 0.1) is 0 Å². The van der Waals surface area contributed by atoms with Crippen LogP contribution in [0.5, 0.6) is 5.19 Å². The van der Waals surface area contributed by atoms with Crippen LogP contribution in [0.3, 0.4) is 0 Å². The van der Waals surface area contributed by atoms with Gasteiger partial charge in [0.05, 0.1) is 26.4 Å². The van der Waals surface area contributed by atoms with E-state index in [-0.39, 0.29) is 12.0 Å². The lowest BCUT2D eigenvalue weighted by atomic mass is 10.2. The fourth-order valence-electron chi connectivity index (χ4n) is 2.63. The second-order valence-corrected chi connectivity index (χ2v) is 6.24. The molecule has 0 bridgehead atoms. The SMILES string of the molecule is COc1nnc(NC(=O)[C@@H]2CC[C@H](CN3CCOCC3)O2)s1. The molecular weight excluding hydrogens is 308 g/mol. The molecule has 22 heavy (non-hydrogen) atoms. The van der Waals surface area contributed by atoms with Crippen LogP contribution in [-0.4, -0.2) is 73.2 Å². The van der Waals surface area contributed by atoms with Crippen LogP contribution >= 0.6 is 11.3 Å². The molecule has 1 amide bonds. The monoisotopic (exact) mass is 328 g/mol. The fraction of sp³-hybridized carbons (Fsp3) is 0.769. The minimum absolute atomic E-state index is 0.109. The van der Waals surface area contributed by atoms with Crippen molar-refractivity contribution in [1.29, 1.82) is 0 Å². The largest absolute Gasteiger partial charge is 0.472 e. The third-order valence-electron chi connectivity index (χ3n) is 3.78. The van der Waals surface area contributed by atoms with Crippen molar-refractivity contribution >= 4 is 22.4 Å². The van der Waals surface area contributed by atoms with Crippen LogP contribution in [0.2, 0.25) is 0 Å². The Hall–Kier alpha value is -1.29. The quantitative estimate of drug-likeness (QED) is 0.835. The van der Waals surface area contributed by atoms with Gasteiger partial charge in [-0.2, -0.15) is 0 Å². The van der Waals surface area contributed by atoms with Gasteiger partial charge < -0.3 is 14.2 Å². The number of carbonyl (C=O) groups excluding carboxylic acids is 1. The maximum absolute atomic E-state index is 12.2. The normalized spacial score (nSPS) is 26.0. The molecule has 8 nitrogen and oxygen atoms in total. The number of methoxy groups -OCH3 is 1. The highest BCUT2D eigenvalue weighted by molar-refractivity contribution is 7.17. The van der Waals surface area contributed by atoms with Crippen molar-refractivity contribution in [2.45, 2.75) is 25.0 Å². The number of hydrogen-bond donors (Lipinski definition) is 1. The third-order valence-corrected chi connectivity index (χ3v) is 4.58. The molecule has 0 saturated carbocycles. The Kier molecular flexibility index (Phi) is 5.19. The molecule has 3 heterocycles. The van der Waals surface area contributed by atoms with Gasteiger partial charge in [-0.1, -0.05) is 5.10 Å². The molecule has 2 atom stereocenters. The first-order valence-electron chi connectivity index (χ1n) is 7.38. The van der Waals surface area contributed by atoms with Crippen LogP contribution < -0.4 is 10.1 Å². The first-order chi connectivity index (χ1) is 10.7. The average molecular weight is 328 g/mol. The van der Waals surface area contributed by atoms with Gasteiger partial charge in [-0.25, -0.2) is 0 Å². The lowest BCUT2D eigenvalue weighted by Crippen LogP contribution is -2.41. The minimum atomic E-state index is -0.416. The molecule has 2 aliphatic heterocycles. The van der Waals surface area contributed by atoms with E-state index in [1.807, 2.05) is 0 Å². The summed E-state index contributed by atoms with van der Waals surface area (Å²) < 4.78 is 16.1. The molecule has 1 N–H and O–H groups in total. The summed E-state index contributed by atoms with van der Waals surface area (Å²) in [5, 5.41) is 11.2. The molecule has 0 unspecified atom stereocenters. The van der Waals surface area contributed by atoms with Gasteiger partial charge in [-0.3, -0.25) is 15.0 Å². The van der Waals surface area contributed by atoms with Gasteiger partial charge in [-0.15, -0.1) is 5.10 Å². The van der Waals surface area contributed by atoms with Crippen molar-refractivity contribution in [1.82, 2.24) is 15.1 Å². The second-order valence-electron chi connectivity index (χ2n) is 5.30. The maximum Gasteiger partial charge on any atom is 0.295 e. The lowest BCUT2D eigenvalue weighted by molar-refractivity contribution is -0.127. The summed E-state index contributed by atoms with van der Waals surface area (Å²) in [6.07, 6.45) is 1.32. The topological polar surface area (TPSA) is 85.8 Å². The van der Waals surface area contributed by atoms with Gasteiger partial charge in [0.2, 0.25) is 5.13 Å². The Morgan fingerprint density at radius 2 is 2.23 bits per heavy atom. The predicted octanol–water partition coefficient (Wildman–Crippen LogP) is 0.365. The Morgan fingerprint density at radius 3 is 2.95 bits per heavy atom. The number of amides is 1. The number of nitrogens with one attached hydrogen (secondary N) is 1. The number of carbonyl (C=O) groups is 1. The Balaban J connectivity index is 1.45. The van der Waals surface area contributed by atoms with E-state index in [4.69, 9.17) is 14.2 Å². The Labute approximate surface area is 132 Å². The highest BCUT2D eigenvalue weighted by atomic mass is 32.1. The molecule has 1 aromatic heterocycles. The van der Waals surface area contributed by atoms with Gasteiger partial charge in [0.15, 0.2) is 0 Å². The fourth-order valence-corrected chi connectivity index (χ4v) is 3.20. The molecule has 9 heteroatoms. The lowest BCUT2D eigenvalue weighted by Gasteiger charge is -2.28. The Bertz CT molecular complexity index is 506. The highest BCUT2D eigenvalue weighted by Gasteiger charge is 2.32. The molecule has 0 aliphatic carbocycles. The number of morpholine rings is 1. The van der Waals surface area contributed by atoms with Crippen molar-refractivity contribution in [2.75, 3.05) is 45.3 Å². The first kappa shape index (κ1) is 15.6. The van der Waals surface area contributed by atoms with Crippen LogP contribution in [0.25, 0.3) is 0 Å². The average Bonchev–Trinajstić information content (AvgIpc) is 3.17. The number of hydrogen-bond acceptors (Lipinski definition) is 8. The summed E-state index contributed by atoms with van der Waals surface area (Å²) in [7, 11) is 1.52. The van der Waals surface area contributed by atoms with Crippen molar-refractivity contribution < 1.29 is 19.0 Å². The molecule has 0 spiro atoms. The number of rotatable bonds is 5. The standard InChI is InChI=1S/C13H20N4O4S/c1-19-13-16-15-12(22-13)14-11(18)10-3-2-9(21-10)8-17-4-6-20-7-5-17/h9-10H,2-8H2,1H3,(H,14,15,18)/t9-,10+/m1/s1. The van der Waals surface area contributed by atoms with Crippen LogP contribution in [0.4, 0.5) is 5.13 Å².